The molecular weight excluding hydrogens is 276 g/mol. The molecule has 1 heterocycles. The van der Waals surface area contributed by atoms with Crippen molar-refractivity contribution in [1.29, 1.82) is 0 Å². The molecule has 0 fully saturated rings. The minimum absolute atomic E-state index is 0.0118. The number of rotatable bonds is 7. The van der Waals surface area contributed by atoms with Gasteiger partial charge in [0, 0.05) is 17.0 Å². The zero-order chi connectivity index (χ0) is 14.4. The first-order valence-corrected chi connectivity index (χ1v) is 7.78. The predicted molar refractivity (Wildman–Crippen MR) is 80.0 cm³/mol. The Hall–Kier alpha value is -1.26. The molecule has 20 heavy (non-hydrogen) atoms. The SMILES string of the molecule is CCCNC(CCc1cccs1)c1cc(F)cc(F)c1. The van der Waals surface area contributed by atoms with Crippen molar-refractivity contribution in [2.45, 2.75) is 32.2 Å². The minimum atomic E-state index is -0.514. The first-order valence-electron chi connectivity index (χ1n) is 6.90. The van der Waals surface area contributed by atoms with Crippen LogP contribution in [-0.4, -0.2) is 6.54 Å². The van der Waals surface area contributed by atoms with Crippen LogP contribution >= 0.6 is 11.3 Å². The normalized spacial score (nSPS) is 12.6. The fourth-order valence-corrected chi connectivity index (χ4v) is 2.95. The lowest BCUT2D eigenvalue weighted by Gasteiger charge is -2.19. The highest BCUT2D eigenvalue weighted by molar-refractivity contribution is 7.09. The molecule has 2 rings (SSSR count). The van der Waals surface area contributed by atoms with Crippen LogP contribution in [-0.2, 0) is 6.42 Å². The second-order valence-electron chi connectivity index (χ2n) is 4.83. The first-order chi connectivity index (χ1) is 9.69. The van der Waals surface area contributed by atoms with Gasteiger partial charge >= 0.3 is 0 Å². The molecular formula is C16H19F2NS. The summed E-state index contributed by atoms with van der Waals surface area (Å²) in [5, 5.41) is 5.42. The van der Waals surface area contributed by atoms with Gasteiger partial charge in [-0.15, -0.1) is 11.3 Å². The number of hydrogen-bond acceptors (Lipinski definition) is 2. The third-order valence-corrected chi connectivity index (χ3v) is 4.12. The number of nitrogens with one attached hydrogen (secondary N) is 1. The predicted octanol–water partition coefficient (Wildman–Crippen LogP) is 4.70. The maximum Gasteiger partial charge on any atom is 0.126 e. The summed E-state index contributed by atoms with van der Waals surface area (Å²) >= 11 is 1.71. The van der Waals surface area contributed by atoms with Crippen LogP contribution in [0.4, 0.5) is 8.78 Å². The lowest BCUT2D eigenvalue weighted by Crippen LogP contribution is -2.23. The van der Waals surface area contributed by atoms with Crippen LogP contribution in [0.1, 0.15) is 36.2 Å². The molecule has 1 atom stereocenters. The van der Waals surface area contributed by atoms with Gasteiger partial charge < -0.3 is 5.32 Å². The van der Waals surface area contributed by atoms with Crippen LogP contribution in [0.25, 0.3) is 0 Å². The summed E-state index contributed by atoms with van der Waals surface area (Å²) in [5.74, 6) is -1.03. The molecule has 0 aliphatic rings. The van der Waals surface area contributed by atoms with E-state index in [4.69, 9.17) is 0 Å². The summed E-state index contributed by atoms with van der Waals surface area (Å²) in [4.78, 5) is 1.30. The lowest BCUT2D eigenvalue weighted by molar-refractivity contribution is 0.491. The third-order valence-electron chi connectivity index (χ3n) is 3.19. The van der Waals surface area contributed by atoms with E-state index in [1.807, 2.05) is 11.4 Å². The number of halogens is 2. The van der Waals surface area contributed by atoms with Crippen LogP contribution in [0.3, 0.4) is 0 Å². The summed E-state index contributed by atoms with van der Waals surface area (Å²) < 4.78 is 26.7. The maximum atomic E-state index is 13.4. The van der Waals surface area contributed by atoms with Crippen LogP contribution in [0, 0.1) is 11.6 Å². The Kier molecular flexibility index (Phi) is 5.68. The standard InChI is InChI=1S/C16H19F2NS/c1-2-7-19-16(6-5-15-4-3-8-20-15)12-9-13(17)11-14(18)10-12/h3-4,8-11,16,19H,2,5-7H2,1H3. The molecule has 0 saturated heterocycles. The van der Waals surface area contributed by atoms with Gasteiger partial charge in [-0.1, -0.05) is 13.0 Å². The van der Waals surface area contributed by atoms with Gasteiger partial charge in [0.15, 0.2) is 0 Å². The second kappa shape index (κ2) is 7.50. The van der Waals surface area contributed by atoms with E-state index in [-0.39, 0.29) is 6.04 Å². The number of thiophene rings is 1. The molecule has 1 nitrogen and oxygen atoms in total. The molecule has 2 aromatic rings. The van der Waals surface area contributed by atoms with Crippen molar-refractivity contribution in [3.8, 4) is 0 Å². The molecule has 0 bridgehead atoms. The van der Waals surface area contributed by atoms with Crippen molar-refractivity contribution in [2.24, 2.45) is 0 Å². The van der Waals surface area contributed by atoms with Crippen LogP contribution in [0.5, 0.6) is 0 Å². The highest BCUT2D eigenvalue weighted by atomic mass is 32.1. The zero-order valence-electron chi connectivity index (χ0n) is 11.5. The van der Waals surface area contributed by atoms with Crippen LogP contribution in [0.15, 0.2) is 35.7 Å². The van der Waals surface area contributed by atoms with E-state index in [0.717, 1.165) is 31.9 Å². The molecule has 0 spiro atoms. The number of aryl methyl sites for hydroxylation is 1. The van der Waals surface area contributed by atoms with Gasteiger partial charge in [0.25, 0.3) is 0 Å². The maximum absolute atomic E-state index is 13.4. The molecule has 0 aliphatic heterocycles. The van der Waals surface area contributed by atoms with E-state index in [1.165, 1.54) is 17.0 Å². The van der Waals surface area contributed by atoms with E-state index in [9.17, 15) is 8.78 Å². The summed E-state index contributed by atoms with van der Waals surface area (Å²) in [7, 11) is 0. The van der Waals surface area contributed by atoms with Crippen molar-refractivity contribution >= 4 is 11.3 Å². The van der Waals surface area contributed by atoms with E-state index in [0.29, 0.717) is 5.56 Å². The Labute approximate surface area is 122 Å². The number of benzene rings is 1. The van der Waals surface area contributed by atoms with Gasteiger partial charge in [0.2, 0.25) is 0 Å². The second-order valence-corrected chi connectivity index (χ2v) is 5.86. The lowest BCUT2D eigenvalue weighted by atomic mass is 10.0. The Balaban J connectivity index is 2.09. The van der Waals surface area contributed by atoms with Gasteiger partial charge in [-0.3, -0.25) is 0 Å². The molecule has 1 N–H and O–H groups in total. The Morgan fingerprint density at radius 2 is 1.95 bits per heavy atom. The smallest absolute Gasteiger partial charge is 0.126 e. The van der Waals surface area contributed by atoms with Crippen molar-refractivity contribution in [3.05, 3.63) is 57.8 Å². The topological polar surface area (TPSA) is 12.0 Å². The van der Waals surface area contributed by atoms with Crippen molar-refractivity contribution in [2.75, 3.05) is 6.54 Å². The largest absolute Gasteiger partial charge is 0.310 e. The highest BCUT2D eigenvalue weighted by Crippen LogP contribution is 2.23. The van der Waals surface area contributed by atoms with E-state index in [2.05, 4.69) is 18.3 Å². The van der Waals surface area contributed by atoms with E-state index < -0.39 is 11.6 Å². The fourth-order valence-electron chi connectivity index (χ4n) is 2.22. The van der Waals surface area contributed by atoms with Gasteiger partial charge in [0.1, 0.15) is 11.6 Å². The summed E-state index contributed by atoms with van der Waals surface area (Å²) in [5.41, 5.74) is 0.688. The van der Waals surface area contributed by atoms with E-state index in [1.54, 1.807) is 11.3 Å². The van der Waals surface area contributed by atoms with Gasteiger partial charge in [-0.25, -0.2) is 8.78 Å². The molecule has 1 unspecified atom stereocenters. The zero-order valence-corrected chi connectivity index (χ0v) is 12.4. The van der Waals surface area contributed by atoms with Crippen molar-refractivity contribution < 1.29 is 8.78 Å². The molecule has 0 amide bonds. The highest BCUT2D eigenvalue weighted by Gasteiger charge is 2.13. The molecule has 4 heteroatoms. The molecule has 1 aromatic heterocycles. The fraction of sp³-hybridized carbons (Fsp3) is 0.375. The van der Waals surface area contributed by atoms with Crippen LogP contribution < -0.4 is 5.32 Å². The van der Waals surface area contributed by atoms with Crippen LogP contribution in [0.2, 0.25) is 0 Å². The molecule has 0 radical (unpaired) electrons. The summed E-state index contributed by atoms with van der Waals surface area (Å²) in [6.45, 7) is 2.92. The van der Waals surface area contributed by atoms with Crippen molar-refractivity contribution in [1.82, 2.24) is 5.32 Å². The molecule has 1 aromatic carbocycles. The molecule has 108 valence electrons. The Morgan fingerprint density at radius 1 is 1.20 bits per heavy atom. The number of hydrogen-bond donors (Lipinski definition) is 1. The molecule has 0 aliphatic carbocycles. The average Bonchev–Trinajstić information content (AvgIpc) is 2.91. The average molecular weight is 295 g/mol. The summed E-state index contributed by atoms with van der Waals surface area (Å²) in [6.07, 6.45) is 2.74. The first kappa shape index (κ1) is 15.1. The van der Waals surface area contributed by atoms with E-state index >= 15 is 0 Å². The monoisotopic (exact) mass is 295 g/mol. The minimum Gasteiger partial charge on any atom is -0.310 e. The Morgan fingerprint density at radius 3 is 2.55 bits per heavy atom. The van der Waals surface area contributed by atoms with Gasteiger partial charge in [0.05, 0.1) is 0 Å². The summed E-state index contributed by atoms with van der Waals surface area (Å²) in [6, 6.07) is 7.86. The van der Waals surface area contributed by atoms with Gasteiger partial charge in [-0.05, 0) is 54.9 Å². The quantitative estimate of drug-likeness (QED) is 0.780. The Bertz CT molecular complexity index is 505. The van der Waals surface area contributed by atoms with Crippen molar-refractivity contribution in [3.63, 3.8) is 0 Å². The van der Waals surface area contributed by atoms with Gasteiger partial charge in [-0.2, -0.15) is 0 Å². The third kappa shape index (κ3) is 4.39. The molecule has 0 saturated carbocycles.